The lowest BCUT2D eigenvalue weighted by Gasteiger charge is -2.36. The van der Waals surface area contributed by atoms with Crippen LogP contribution in [-0.4, -0.2) is 44.2 Å². The normalized spacial score (nSPS) is 25.2. The lowest BCUT2D eigenvalue weighted by molar-refractivity contribution is -0.152. The standard InChI is InChI=1S/C16H25N3O2/c1-18-10-8-17-14(18)11-13-5-4-9-19(12-13)15(20)16(21)6-2-3-7-16/h8,10,13,21H,2-7,9,11-12H2,1H3. The van der Waals surface area contributed by atoms with Crippen molar-refractivity contribution in [3.05, 3.63) is 18.2 Å². The molecular formula is C16H25N3O2. The Morgan fingerprint density at radius 1 is 1.43 bits per heavy atom. The number of hydrogen-bond acceptors (Lipinski definition) is 3. The molecule has 0 aromatic carbocycles. The van der Waals surface area contributed by atoms with Crippen LogP contribution in [0.4, 0.5) is 0 Å². The fourth-order valence-corrected chi connectivity index (χ4v) is 3.74. The molecule has 0 radical (unpaired) electrons. The van der Waals surface area contributed by atoms with Gasteiger partial charge in [-0.3, -0.25) is 4.79 Å². The van der Waals surface area contributed by atoms with Crippen molar-refractivity contribution in [2.75, 3.05) is 13.1 Å². The largest absolute Gasteiger partial charge is 0.380 e. The maximum atomic E-state index is 12.6. The molecule has 1 aliphatic heterocycles. The van der Waals surface area contributed by atoms with Crippen molar-refractivity contribution in [2.45, 2.75) is 50.5 Å². The molecule has 1 unspecified atom stereocenters. The third-order valence-electron chi connectivity index (χ3n) is 5.03. The number of carbonyl (C=O) groups is 1. The third-order valence-corrected chi connectivity index (χ3v) is 5.03. The Morgan fingerprint density at radius 3 is 2.86 bits per heavy atom. The van der Waals surface area contributed by atoms with Crippen molar-refractivity contribution >= 4 is 5.91 Å². The van der Waals surface area contributed by atoms with Crippen molar-refractivity contribution in [3.63, 3.8) is 0 Å². The van der Waals surface area contributed by atoms with Crippen molar-refractivity contribution in [3.8, 4) is 0 Å². The van der Waals surface area contributed by atoms with E-state index < -0.39 is 5.60 Å². The Labute approximate surface area is 126 Å². The van der Waals surface area contributed by atoms with Gasteiger partial charge in [-0.15, -0.1) is 0 Å². The van der Waals surface area contributed by atoms with Gasteiger partial charge in [-0.05, 0) is 44.4 Å². The van der Waals surface area contributed by atoms with E-state index in [9.17, 15) is 9.90 Å². The van der Waals surface area contributed by atoms with Crippen LogP contribution in [0.15, 0.2) is 12.4 Å². The maximum absolute atomic E-state index is 12.6. The molecule has 5 heteroatoms. The van der Waals surface area contributed by atoms with E-state index in [0.29, 0.717) is 18.8 Å². The molecule has 0 spiro atoms. The average Bonchev–Trinajstić information content (AvgIpc) is 3.09. The Bertz CT molecular complexity index is 505. The molecule has 1 N–H and O–H groups in total. The van der Waals surface area contributed by atoms with E-state index in [1.165, 1.54) is 0 Å². The van der Waals surface area contributed by atoms with Crippen LogP contribution in [0.25, 0.3) is 0 Å². The first kappa shape index (κ1) is 14.6. The number of carbonyl (C=O) groups excluding carboxylic acids is 1. The topological polar surface area (TPSA) is 58.4 Å². The van der Waals surface area contributed by atoms with E-state index >= 15 is 0 Å². The molecule has 1 amide bonds. The van der Waals surface area contributed by atoms with Gasteiger partial charge in [0.2, 0.25) is 0 Å². The summed E-state index contributed by atoms with van der Waals surface area (Å²) < 4.78 is 2.05. The lowest BCUT2D eigenvalue weighted by atomic mass is 9.92. The van der Waals surface area contributed by atoms with Gasteiger partial charge in [-0.25, -0.2) is 4.98 Å². The minimum Gasteiger partial charge on any atom is -0.380 e. The molecule has 2 fully saturated rings. The molecule has 5 nitrogen and oxygen atoms in total. The van der Waals surface area contributed by atoms with Gasteiger partial charge in [0.25, 0.3) is 5.91 Å². The second-order valence-corrected chi connectivity index (χ2v) is 6.66. The zero-order valence-electron chi connectivity index (χ0n) is 12.8. The molecule has 3 rings (SSSR count). The van der Waals surface area contributed by atoms with Crippen molar-refractivity contribution in [1.82, 2.24) is 14.5 Å². The highest BCUT2D eigenvalue weighted by Gasteiger charge is 2.42. The van der Waals surface area contributed by atoms with Crippen LogP contribution in [0.3, 0.4) is 0 Å². The van der Waals surface area contributed by atoms with Gasteiger partial charge in [0, 0.05) is 39.0 Å². The Kier molecular flexibility index (Phi) is 4.02. The Balaban J connectivity index is 1.63. The number of likely N-dealkylation sites (tertiary alicyclic amines) is 1. The average molecular weight is 291 g/mol. The van der Waals surface area contributed by atoms with Crippen molar-refractivity contribution in [1.29, 1.82) is 0 Å². The van der Waals surface area contributed by atoms with Crippen molar-refractivity contribution in [2.24, 2.45) is 13.0 Å². The molecule has 2 heterocycles. The molecule has 1 atom stereocenters. The first-order chi connectivity index (χ1) is 10.1. The summed E-state index contributed by atoms with van der Waals surface area (Å²) >= 11 is 0. The number of nitrogens with zero attached hydrogens (tertiary/aromatic N) is 3. The maximum Gasteiger partial charge on any atom is 0.254 e. The third kappa shape index (κ3) is 2.98. The van der Waals surface area contributed by atoms with Gasteiger partial charge < -0.3 is 14.6 Å². The number of hydrogen-bond donors (Lipinski definition) is 1. The Hall–Kier alpha value is -1.36. The number of aryl methyl sites for hydroxylation is 1. The first-order valence-electron chi connectivity index (χ1n) is 8.06. The zero-order chi connectivity index (χ0) is 14.9. The summed E-state index contributed by atoms with van der Waals surface area (Å²) in [5, 5.41) is 10.5. The van der Waals surface area contributed by atoms with E-state index in [4.69, 9.17) is 0 Å². The SMILES string of the molecule is Cn1ccnc1CC1CCCN(C(=O)C2(O)CCCC2)C1. The Morgan fingerprint density at radius 2 is 2.19 bits per heavy atom. The summed E-state index contributed by atoms with van der Waals surface area (Å²) in [7, 11) is 2.01. The molecule has 1 saturated carbocycles. The van der Waals surface area contributed by atoms with Crippen LogP contribution in [-0.2, 0) is 18.3 Å². The predicted molar refractivity (Wildman–Crippen MR) is 79.6 cm³/mol. The van der Waals surface area contributed by atoms with E-state index in [2.05, 4.69) is 4.98 Å². The number of imidazole rings is 1. The fraction of sp³-hybridized carbons (Fsp3) is 0.750. The monoisotopic (exact) mass is 291 g/mol. The summed E-state index contributed by atoms with van der Waals surface area (Å²) in [5.74, 6) is 1.49. The molecule has 1 aromatic rings. The minimum absolute atomic E-state index is 0.0375. The van der Waals surface area contributed by atoms with Gasteiger partial charge in [-0.1, -0.05) is 0 Å². The summed E-state index contributed by atoms with van der Waals surface area (Å²) in [6, 6.07) is 0. The van der Waals surface area contributed by atoms with Crippen LogP contribution >= 0.6 is 0 Å². The number of aliphatic hydroxyl groups is 1. The van der Waals surface area contributed by atoms with Gasteiger partial charge in [0.15, 0.2) is 0 Å². The quantitative estimate of drug-likeness (QED) is 0.918. The smallest absolute Gasteiger partial charge is 0.254 e. The second kappa shape index (κ2) is 5.79. The van der Waals surface area contributed by atoms with E-state index in [1.54, 1.807) is 0 Å². The minimum atomic E-state index is -1.08. The second-order valence-electron chi connectivity index (χ2n) is 6.66. The first-order valence-corrected chi connectivity index (χ1v) is 8.06. The number of rotatable bonds is 3. The zero-order valence-corrected chi connectivity index (χ0v) is 12.8. The van der Waals surface area contributed by atoms with Gasteiger partial charge in [-0.2, -0.15) is 0 Å². The summed E-state index contributed by atoms with van der Waals surface area (Å²) in [4.78, 5) is 18.9. The van der Waals surface area contributed by atoms with Crippen LogP contribution in [0, 0.1) is 5.92 Å². The van der Waals surface area contributed by atoms with E-state index in [-0.39, 0.29) is 5.91 Å². The fourth-order valence-electron chi connectivity index (χ4n) is 3.74. The molecule has 21 heavy (non-hydrogen) atoms. The molecular weight excluding hydrogens is 266 g/mol. The molecule has 0 bridgehead atoms. The van der Waals surface area contributed by atoms with Crippen LogP contribution < -0.4 is 0 Å². The summed E-state index contributed by atoms with van der Waals surface area (Å²) in [5.41, 5.74) is -1.08. The highest BCUT2D eigenvalue weighted by atomic mass is 16.3. The van der Waals surface area contributed by atoms with Crippen molar-refractivity contribution < 1.29 is 9.90 Å². The number of aromatic nitrogens is 2. The number of amides is 1. The van der Waals surface area contributed by atoms with Gasteiger partial charge in [0.1, 0.15) is 11.4 Å². The van der Waals surface area contributed by atoms with Crippen LogP contribution in [0.5, 0.6) is 0 Å². The molecule has 1 aromatic heterocycles. The highest BCUT2D eigenvalue weighted by molar-refractivity contribution is 5.85. The molecule has 1 saturated heterocycles. The number of piperidine rings is 1. The molecule has 116 valence electrons. The van der Waals surface area contributed by atoms with E-state index in [0.717, 1.165) is 51.0 Å². The lowest BCUT2D eigenvalue weighted by Crippen LogP contribution is -2.51. The summed E-state index contributed by atoms with van der Waals surface area (Å²) in [6.07, 6.45) is 10.0. The molecule has 2 aliphatic rings. The van der Waals surface area contributed by atoms with E-state index in [1.807, 2.05) is 28.9 Å². The highest BCUT2D eigenvalue weighted by Crippen LogP contribution is 2.32. The summed E-state index contributed by atoms with van der Waals surface area (Å²) in [6.45, 7) is 1.55. The van der Waals surface area contributed by atoms with Crippen LogP contribution in [0.2, 0.25) is 0 Å². The van der Waals surface area contributed by atoms with Gasteiger partial charge in [0.05, 0.1) is 0 Å². The van der Waals surface area contributed by atoms with Crippen LogP contribution in [0.1, 0.15) is 44.3 Å². The van der Waals surface area contributed by atoms with Gasteiger partial charge >= 0.3 is 0 Å². The molecule has 1 aliphatic carbocycles. The predicted octanol–water partition coefficient (Wildman–Crippen LogP) is 1.51.